The lowest BCUT2D eigenvalue weighted by Crippen LogP contribution is -2.12. The van der Waals surface area contributed by atoms with Gasteiger partial charge in [0.2, 0.25) is 5.95 Å². The predicted octanol–water partition coefficient (Wildman–Crippen LogP) is 3.75. The van der Waals surface area contributed by atoms with E-state index in [9.17, 15) is 12.6 Å². The Labute approximate surface area is 196 Å². The molecule has 3 rings (SSSR count). The van der Waals surface area contributed by atoms with Gasteiger partial charge in [-0.1, -0.05) is 0 Å². The predicted molar refractivity (Wildman–Crippen MR) is 133 cm³/mol. The summed E-state index contributed by atoms with van der Waals surface area (Å²) in [5.41, 5.74) is 1.25. The van der Waals surface area contributed by atoms with Crippen LogP contribution in [0.15, 0.2) is 37.5 Å². The van der Waals surface area contributed by atoms with E-state index < -0.39 is 19.8 Å². The Hall–Kier alpha value is -1.57. The van der Waals surface area contributed by atoms with E-state index in [4.69, 9.17) is 0 Å². The Morgan fingerprint density at radius 1 is 1.19 bits per heavy atom. The van der Waals surface area contributed by atoms with Gasteiger partial charge in [0.15, 0.2) is 0 Å². The summed E-state index contributed by atoms with van der Waals surface area (Å²) in [6.45, 7) is 1.37. The minimum absolute atomic E-state index is 0.141. The molecule has 0 radical (unpaired) electrons. The molecule has 0 aliphatic carbocycles. The van der Waals surface area contributed by atoms with E-state index in [0.29, 0.717) is 40.3 Å². The standard InChI is InChI=1S/C18H25BrN6O3S3/c1-29-9-10-31(27,28)25-30(2,26)16-6-5-13-11-15(16)20-7-3-4-8-21-17-14(19)12-22-18(23-13)24-17/h5-6,11-12,20H,3-4,7-10H2,1-2H3,(H2,21,22,23,24). The van der Waals surface area contributed by atoms with Gasteiger partial charge < -0.3 is 16.0 Å². The number of nitrogens with zero attached hydrogens (tertiary/aromatic N) is 3. The number of anilines is 4. The smallest absolute Gasteiger partial charge is 0.261 e. The molecule has 1 aliphatic rings. The molecule has 9 nitrogen and oxygen atoms in total. The number of thioether (sulfide) groups is 1. The summed E-state index contributed by atoms with van der Waals surface area (Å²) in [5, 5.41) is 9.71. The number of hydrogen-bond donors (Lipinski definition) is 3. The van der Waals surface area contributed by atoms with Crippen molar-refractivity contribution in [2.45, 2.75) is 17.7 Å². The highest BCUT2D eigenvalue weighted by Gasteiger charge is 2.19. The lowest BCUT2D eigenvalue weighted by Gasteiger charge is -2.15. The summed E-state index contributed by atoms with van der Waals surface area (Å²) in [6.07, 6.45) is 6.59. The molecular formula is C18H25BrN6O3S3. The molecule has 2 heterocycles. The van der Waals surface area contributed by atoms with Crippen LogP contribution in [0.1, 0.15) is 12.8 Å². The number of aromatic nitrogens is 2. The van der Waals surface area contributed by atoms with Crippen LogP contribution in [0.2, 0.25) is 0 Å². The van der Waals surface area contributed by atoms with Crippen LogP contribution in [0.4, 0.5) is 23.1 Å². The summed E-state index contributed by atoms with van der Waals surface area (Å²) in [7, 11) is -6.97. The van der Waals surface area contributed by atoms with Crippen molar-refractivity contribution >= 4 is 70.6 Å². The molecule has 1 aromatic carbocycles. The van der Waals surface area contributed by atoms with Crippen LogP contribution < -0.4 is 16.0 Å². The lowest BCUT2D eigenvalue weighted by atomic mass is 10.2. The molecule has 1 unspecified atom stereocenters. The number of sulfonamides is 1. The SMILES string of the molecule is CSCCS(=O)(=O)N=S(C)(=O)c1ccc2cc1NCCCCNc1nc(ncc1Br)N2. The van der Waals surface area contributed by atoms with Gasteiger partial charge in [-0.15, -0.1) is 3.77 Å². The van der Waals surface area contributed by atoms with Crippen molar-refractivity contribution in [2.24, 2.45) is 3.77 Å². The quantitative estimate of drug-likeness (QED) is 0.511. The first-order valence-corrected chi connectivity index (χ1v) is 15.3. The molecule has 0 amide bonds. The molecule has 1 aliphatic heterocycles. The third-order valence-corrected chi connectivity index (χ3v) is 9.79. The summed E-state index contributed by atoms with van der Waals surface area (Å²) in [6, 6.07) is 5.13. The maximum atomic E-state index is 13.3. The van der Waals surface area contributed by atoms with Crippen LogP contribution in [0.5, 0.6) is 0 Å². The summed E-state index contributed by atoms with van der Waals surface area (Å²) in [5.74, 6) is 1.37. The minimum Gasteiger partial charge on any atom is -0.384 e. The first-order valence-electron chi connectivity index (χ1n) is 9.56. The van der Waals surface area contributed by atoms with Gasteiger partial charge in [0, 0.05) is 37.0 Å². The third-order valence-electron chi connectivity index (χ3n) is 4.40. The average Bonchev–Trinajstić information content (AvgIpc) is 2.71. The first kappa shape index (κ1) is 24.1. The summed E-state index contributed by atoms with van der Waals surface area (Å²) < 4.78 is 42.5. The Morgan fingerprint density at radius 3 is 2.68 bits per heavy atom. The van der Waals surface area contributed by atoms with Crippen molar-refractivity contribution in [3.05, 3.63) is 28.9 Å². The Kier molecular flexibility index (Phi) is 8.05. The number of rotatable bonds is 5. The average molecular weight is 550 g/mol. The van der Waals surface area contributed by atoms with Crippen molar-refractivity contribution in [1.82, 2.24) is 9.97 Å². The molecule has 1 aromatic heterocycles. The molecule has 0 fully saturated rings. The van der Waals surface area contributed by atoms with Gasteiger partial charge in [0.25, 0.3) is 10.0 Å². The molecule has 0 saturated carbocycles. The van der Waals surface area contributed by atoms with E-state index in [1.807, 2.05) is 6.26 Å². The highest BCUT2D eigenvalue weighted by atomic mass is 79.9. The molecule has 13 heteroatoms. The van der Waals surface area contributed by atoms with Crippen molar-refractivity contribution in [3.63, 3.8) is 0 Å². The van der Waals surface area contributed by atoms with Gasteiger partial charge in [0.1, 0.15) is 5.82 Å². The van der Waals surface area contributed by atoms with Gasteiger partial charge in [-0.3, -0.25) is 0 Å². The van der Waals surface area contributed by atoms with E-state index in [-0.39, 0.29) is 5.75 Å². The number of halogens is 1. The second kappa shape index (κ2) is 10.4. The van der Waals surface area contributed by atoms with E-state index in [1.54, 1.807) is 24.4 Å². The monoisotopic (exact) mass is 548 g/mol. The second-order valence-corrected chi connectivity index (χ2v) is 13.0. The fraction of sp³-hybridized carbons (Fsp3) is 0.444. The van der Waals surface area contributed by atoms with E-state index in [1.165, 1.54) is 18.0 Å². The second-order valence-electron chi connectivity index (χ2n) is 6.94. The molecule has 170 valence electrons. The van der Waals surface area contributed by atoms with Crippen LogP contribution in [0.3, 0.4) is 0 Å². The maximum Gasteiger partial charge on any atom is 0.261 e. The lowest BCUT2D eigenvalue weighted by molar-refractivity contribution is 0.599. The molecule has 0 spiro atoms. The highest BCUT2D eigenvalue weighted by Crippen LogP contribution is 2.29. The molecular weight excluding hydrogens is 524 g/mol. The zero-order valence-corrected chi connectivity index (χ0v) is 21.3. The van der Waals surface area contributed by atoms with Gasteiger partial charge in [-0.25, -0.2) is 17.6 Å². The van der Waals surface area contributed by atoms with Gasteiger partial charge in [-0.05, 0) is 53.2 Å². The fourth-order valence-corrected chi connectivity index (χ4v) is 7.97. The fourth-order valence-electron chi connectivity index (χ4n) is 2.92. The Bertz CT molecular complexity index is 1170. The largest absolute Gasteiger partial charge is 0.384 e. The zero-order valence-electron chi connectivity index (χ0n) is 17.2. The molecule has 2 aromatic rings. The zero-order chi connectivity index (χ0) is 22.5. The van der Waals surface area contributed by atoms with Crippen molar-refractivity contribution in [2.75, 3.05) is 53.1 Å². The third kappa shape index (κ3) is 6.70. The van der Waals surface area contributed by atoms with Crippen LogP contribution in [0, 0.1) is 0 Å². The van der Waals surface area contributed by atoms with Crippen molar-refractivity contribution < 1.29 is 12.6 Å². The molecule has 4 bridgehead atoms. The van der Waals surface area contributed by atoms with Crippen LogP contribution in [-0.4, -0.2) is 59.7 Å². The Morgan fingerprint density at radius 2 is 1.94 bits per heavy atom. The van der Waals surface area contributed by atoms with E-state index >= 15 is 0 Å². The molecule has 1 atom stereocenters. The van der Waals surface area contributed by atoms with Crippen molar-refractivity contribution in [3.8, 4) is 0 Å². The van der Waals surface area contributed by atoms with Crippen molar-refractivity contribution in [1.29, 1.82) is 0 Å². The number of benzene rings is 1. The summed E-state index contributed by atoms with van der Waals surface area (Å²) in [4.78, 5) is 9.11. The molecule has 31 heavy (non-hydrogen) atoms. The van der Waals surface area contributed by atoms with Crippen LogP contribution >= 0.6 is 27.7 Å². The van der Waals surface area contributed by atoms with Crippen LogP contribution in [0.25, 0.3) is 0 Å². The normalized spacial score (nSPS) is 16.2. The van der Waals surface area contributed by atoms with Crippen LogP contribution in [-0.2, 0) is 19.8 Å². The minimum atomic E-state index is -3.80. The van der Waals surface area contributed by atoms with E-state index in [0.717, 1.165) is 23.9 Å². The summed E-state index contributed by atoms with van der Waals surface area (Å²) >= 11 is 4.85. The first-order chi connectivity index (χ1) is 14.7. The number of nitrogens with one attached hydrogen (secondary N) is 3. The topological polar surface area (TPSA) is 125 Å². The number of hydrogen-bond acceptors (Lipinski definition) is 9. The van der Waals surface area contributed by atoms with Gasteiger partial charge in [0.05, 0.1) is 30.5 Å². The maximum absolute atomic E-state index is 13.3. The van der Waals surface area contributed by atoms with Gasteiger partial charge >= 0.3 is 0 Å². The van der Waals surface area contributed by atoms with E-state index in [2.05, 4.69) is 45.6 Å². The van der Waals surface area contributed by atoms with Gasteiger partial charge in [-0.2, -0.15) is 16.7 Å². The highest BCUT2D eigenvalue weighted by molar-refractivity contribution is 9.10. The molecule has 0 saturated heterocycles. The Balaban J connectivity index is 2.01. The molecule has 3 N–H and O–H groups in total. The number of fused-ring (bicyclic) bond motifs is 4.